The van der Waals surface area contributed by atoms with Crippen molar-refractivity contribution in [1.82, 2.24) is 5.32 Å². The fourth-order valence-corrected chi connectivity index (χ4v) is 2.36. The lowest BCUT2D eigenvalue weighted by atomic mass is 10.1. The van der Waals surface area contributed by atoms with Gasteiger partial charge in [0, 0.05) is 17.5 Å². The third-order valence-corrected chi connectivity index (χ3v) is 3.36. The highest BCUT2D eigenvalue weighted by molar-refractivity contribution is 6.05. The predicted octanol–water partition coefficient (Wildman–Crippen LogP) is 2.06. The number of hydrogen-bond acceptors (Lipinski definition) is 2. The Morgan fingerprint density at radius 2 is 1.95 bits per heavy atom. The van der Waals surface area contributed by atoms with Crippen LogP contribution in [0, 0.1) is 0 Å². The highest BCUT2D eigenvalue weighted by atomic mass is 16.2. The molecule has 1 fully saturated rings. The number of anilines is 1. The summed E-state index contributed by atoms with van der Waals surface area (Å²) in [7, 11) is 0. The van der Waals surface area contributed by atoms with Gasteiger partial charge in [0.05, 0.1) is 0 Å². The SMILES string of the molecule is O=C1CC[C@@H](C(=O)Nc2cccc3ccccc23)N1. The summed E-state index contributed by atoms with van der Waals surface area (Å²) >= 11 is 0. The molecule has 3 rings (SSSR count). The van der Waals surface area contributed by atoms with E-state index in [2.05, 4.69) is 10.6 Å². The molecule has 4 nitrogen and oxygen atoms in total. The number of carbonyl (C=O) groups excluding carboxylic acids is 2. The van der Waals surface area contributed by atoms with E-state index >= 15 is 0 Å². The Balaban J connectivity index is 1.85. The lowest BCUT2D eigenvalue weighted by molar-refractivity contribution is -0.122. The molecule has 2 aromatic rings. The van der Waals surface area contributed by atoms with Gasteiger partial charge in [-0.15, -0.1) is 0 Å². The van der Waals surface area contributed by atoms with E-state index in [4.69, 9.17) is 0 Å². The van der Waals surface area contributed by atoms with Crippen LogP contribution >= 0.6 is 0 Å². The molecular formula is C15H14N2O2. The van der Waals surface area contributed by atoms with Crippen LogP contribution in [0.4, 0.5) is 5.69 Å². The average Bonchev–Trinajstić information content (AvgIpc) is 2.86. The highest BCUT2D eigenvalue weighted by Crippen LogP contribution is 2.23. The second kappa shape index (κ2) is 4.72. The van der Waals surface area contributed by atoms with Crippen molar-refractivity contribution < 1.29 is 9.59 Å². The quantitative estimate of drug-likeness (QED) is 0.861. The molecule has 0 bridgehead atoms. The Labute approximate surface area is 110 Å². The van der Waals surface area contributed by atoms with Crippen LogP contribution in [0.2, 0.25) is 0 Å². The van der Waals surface area contributed by atoms with Gasteiger partial charge in [0.1, 0.15) is 6.04 Å². The summed E-state index contributed by atoms with van der Waals surface area (Å²) in [5.74, 6) is -0.208. The molecule has 2 amide bonds. The van der Waals surface area contributed by atoms with Crippen LogP contribution < -0.4 is 10.6 Å². The Morgan fingerprint density at radius 3 is 2.74 bits per heavy atom. The topological polar surface area (TPSA) is 58.2 Å². The zero-order valence-electron chi connectivity index (χ0n) is 10.3. The monoisotopic (exact) mass is 254 g/mol. The summed E-state index contributed by atoms with van der Waals surface area (Å²) in [6, 6.07) is 13.2. The van der Waals surface area contributed by atoms with Crippen LogP contribution in [-0.2, 0) is 9.59 Å². The number of rotatable bonds is 2. The van der Waals surface area contributed by atoms with Crippen molar-refractivity contribution in [1.29, 1.82) is 0 Å². The molecule has 1 atom stereocenters. The summed E-state index contributed by atoms with van der Waals surface area (Å²) in [4.78, 5) is 23.2. The van der Waals surface area contributed by atoms with E-state index < -0.39 is 6.04 Å². The number of hydrogen-bond donors (Lipinski definition) is 2. The van der Waals surface area contributed by atoms with Crippen LogP contribution in [0.3, 0.4) is 0 Å². The Hall–Kier alpha value is -2.36. The summed E-state index contributed by atoms with van der Waals surface area (Å²) in [5, 5.41) is 7.65. The molecule has 1 aliphatic heterocycles. The lowest BCUT2D eigenvalue weighted by Crippen LogP contribution is -2.37. The van der Waals surface area contributed by atoms with E-state index in [1.165, 1.54) is 0 Å². The lowest BCUT2D eigenvalue weighted by Gasteiger charge is -2.12. The maximum atomic E-state index is 12.1. The molecule has 0 aliphatic carbocycles. The maximum Gasteiger partial charge on any atom is 0.246 e. The van der Waals surface area contributed by atoms with Crippen LogP contribution in [0.25, 0.3) is 10.8 Å². The van der Waals surface area contributed by atoms with Crippen molar-refractivity contribution in [3.8, 4) is 0 Å². The standard InChI is InChI=1S/C15H14N2O2/c18-14-9-8-13(16-14)15(19)17-12-7-3-5-10-4-1-2-6-11(10)12/h1-7,13H,8-9H2,(H,16,18)(H,17,19)/t13-/m0/s1. The van der Waals surface area contributed by atoms with E-state index in [0.29, 0.717) is 12.8 Å². The Morgan fingerprint density at radius 1 is 1.16 bits per heavy atom. The van der Waals surface area contributed by atoms with Crippen molar-refractivity contribution >= 4 is 28.3 Å². The van der Waals surface area contributed by atoms with Crippen molar-refractivity contribution in [2.75, 3.05) is 5.32 Å². The van der Waals surface area contributed by atoms with Crippen molar-refractivity contribution in [3.63, 3.8) is 0 Å². The first-order chi connectivity index (χ1) is 9.24. The van der Waals surface area contributed by atoms with Crippen LogP contribution in [0.5, 0.6) is 0 Å². The molecule has 2 aromatic carbocycles. The largest absolute Gasteiger partial charge is 0.344 e. The van der Waals surface area contributed by atoms with Crippen molar-refractivity contribution in [3.05, 3.63) is 42.5 Å². The predicted molar refractivity (Wildman–Crippen MR) is 73.7 cm³/mol. The average molecular weight is 254 g/mol. The van der Waals surface area contributed by atoms with Gasteiger partial charge in [0.25, 0.3) is 0 Å². The van der Waals surface area contributed by atoms with Gasteiger partial charge >= 0.3 is 0 Å². The van der Waals surface area contributed by atoms with Gasteiger partial charge in [-0.05, 0) is 17.9 Å². The highest BCUT2D eigenvalue weighted by Gasteiger charge is 2.27. The summed E-state index contributed by atoms with van der Waals surface area (Å²) in [6.07, 6.45) is 0.989. The number of amides is 2. The van der Waals surface area contributed by atoms with Gasteiger partial charge < -0.3 is 10.6 Å². The van der Waals surface area contributed by atoms with E-state index in [0.717, 1.165) is 16.5 Å². The first kappa shape index (κ1) is 11.7. The normalized spacial score (nSPS) is 18.3. The molecule has 1 saturated heterocycles. The number of nitrogens with one attached hydrogen (secondary N) is 2. The smallest absolute Gasteiger partial charge is 0.246 e. The maximum absolute atomic E-state index is 12.1. The number of benzene rings is 2. The second-order valence-corrected chi connectivity index (χ2v) is 4.67. The van der Waals surface area contributed by atoms with Crippen LogP contribution in [0.15, 0.2) is 42.5 Å². The Kier molecular flexibility index (Phi) is 2.91. The first-order valence-corrected chi connectivity index (χ1v) is 6.32. The van der Waals surface area contributed by atoms with Gasteiger partial charge in [0.2, 0.25) is 11.8 Å². The minimum absolute atomic E-state index is 0.0573. The first-order valence-electron chi connectivity index (χ1n) is 6.32. The Bertz CT molecular complexity index is 646. The minimum atomic E-state index is -0.411. The second-order valence-electron chi connectivity index (χ2n) is 4.67. The summed E-state index contributed by atoms with van der Waals surface area (Å²) in [6.45, 7) is 0. The molecular weight excluding hydrogens is 240 g/mol. The van der Waals surface area contributed by atoms with Gasteiger partial charge in [-0.3, -0.25) is 9.59 Å². The molecule has 0 spiro atoms. The molecule has 0 aromatic heterocycles. The molecule has 1 aliphatic rings. The van der Waals surface area contributed by atoms with Gasteiger partial charge in [-0.1, -0.05) is 36.4 Å². The molecule has 96 valence electrons. The van der Waals surface area contributed by atoms with Gasteiger partial charge in [0.15, 0.2) is 0 Å². The van der Waals surface area contributed by atoms with Gasteiger partial charge in [-0.25, -0.2) is 0 Å². The zero-order valence-corrected chi connectivity index (χ0v) is 10.3. The summed E-state index contributed by atoms with van der Waals surface area (Å²) in [5.41, 5.74) is 0.782. The molecule has 4 heteroatoms. The van der Waals surface area contributed by atoms with Crippen molar-refractivity contribution in [2.24, 2.45) is 0 Å². The third-order valence-electron chi connectivity index (χ3n) is 3.36. The van der Waals surface area contributed by atoms with E-state index in [9.17, 15) is 9.59 Å². The van der Waals surface area contributed by atoms with E-state index in [-0.39, 0.29) is 11.8 Å². The van der Waals surface area contributed by atoms with Crippen LogP contribution in [-0.4, -0.2) is 17.9 Å². The molecule has 1 heterocycles. The molecule has 0 unspecified atom stereocenters. The number of carbonyl (C=O) groups is 2. The van der Waals surface area contributed by atoms with Crippen LogP contribution in [0.1, 0.15) is 12.8 Å². The zero-order chi connectivity index (χ0) is 13.2. The van der Waals surface area contributed by atoms with E-state index in [1.807, 2.05) is 42.5 Å². The molecule has 0 radical (unpaired) electrons. The fraction of sp³-hybridized carbons (Fsp3) is 0.200. The van der Waals surface area contributed by atoms with Crippen molar-refractivity contribution in [2.45, 2.75) is 18.9 Å². The minimum Gasteiger partial charge on any atom is -0.344 e. The van der Waals surface area contributed by atoms with E-state index in [1.54, 1.807) is 0 Å². The molecule has 2 N–H and O–H groups in total. The molecule has 0 saturated carbocycles. The summed E-state index contributed by atoms with van der Waals surface area (Å²) < 4.78 is 0. The van der Waals surface area contributed by atoms with Gasteiger partial charge in [-0.2, -0.15) is 0 Å². The number of fused-ring (bicyclic) bond motifs is 1. The fourth-order valence-electron chi connectivity index (χ4n) is 2.36. The third kappa shape index (κ3) is 2.29. The molecule has 19 heavy (non-hydrogen) atoms.